The maximum Gasteiger partial charge on any atom is 0.161 e. The van der Waals surface area contributed by atoms with E-state index in [0.717, 1.165) is 37.6 Å². The molecule has 116 valence electrons. The van der Waals surface area contributed by atoms with Gasteiger partial charge in [-0.05, 0) is 50.6 Å². The Labute approximate surface area is 127 Å². The zero-order chi connectivity index (χ0) is 14.7. The van der Waals surface area contributed by atoms with Crippen molar-refractivity contribution >= 4 is 0 Å². The number of nitrogens with one attached hydrogen (secondary N) is 1. The number of likely N-dealkylation sites (tertiary alicyclic amines) is 1. The Morgan fingerprint density at radius 3 is 2.76 bits per heavy atom. The first-order valence-corrected chi connectivity index (χ1v) is 8.03. The fourth-order valence-corrected chi connectivity index (χ4v) is 3.30. The van der Waals surface area contributed by atoms with Gasteiger partial charge in [-0.15, -0.1) is 0 Å². The molecule has 1 aromatic rings. The van der Waals surface area contributed by atoms with Crippen LogP contribution in [0.5, 0.6) is 11.5 Å². The lowest BCUT2D eigenvalue weighted by atomic mass is 9.97. The van der Waals surface area contributed by atoms with Crippen LogP contribution in [-0.4, -0.2) is 44.8 Å². The van der Waals surface area contributed by atoms with E-state index in [0.29, 0.717) is 6.04 Å². The number of hydrogen-bond acceptors (Lipinski definition) is 4. The molecule has 2 fully saturated rings. The lowest BCUT2D eigenvalue weighted by molar-refractivity contribution is 0.199. The molecule has 2 saturated heterocycles. The summed E-state index contributed by atoms with van der Waals surface area (Å²) in [6.07, 6.45) is 5.15. The van der Waals surface area contributed by atoms with Gasteiger partial charge in [0.15, 0.2) is 11.5 Å². The summed E-state index contributed by atoms with van der Waals surface area (Å²) >= 11 is 0. The average molecular weight is 290 g/mol. The normalized spacial score (nSPS) is 26.8. The summed E-state index contributed by atoms with van der Waals surface area (Å²) in [7, 11) is 3.86. The van der Waals surface area contributed by atoms with Crippen molar-refractivity contribution in [1.29, 1.82) is 0 Å². The predicted molar refractivity (Wildman–Crippen MR) is 84.1 cm³/mol. The number of piperidine rings is 1. The molecule has 2 unspecified atom stereocenters. The second-order valence-electron chi connectivity index (χ2n) is 6.20. The van der Waals surface area contributed by atoms with E-state index in [9.17, 15) is 0 Å². The number of rotatable bonds is 4. The number of ether oxygens (including phenoxy) is 2. The van der Waals surface area contributed by atoms with E-state index in [4.69, 9.17) is 9.47 Å². The van der Waals surface area contributed by atoms with Gasteiger partial charge in [0.25, 0.3) is 0 Å². The molecule has 0 amide bonds. The number of nitrogens with zero attached hydrogens (tertiary/aromatic N) is 1. The topological polar surface area (TPSA) is 33.7 Å². The van der Waals surface area contributed by atoms with Gasteiger partial charge in [-0.3, -0.25) is 0 Å². The Morgan fingerprint density at radius 2 is 2.10 bits per heavy atom. The average Bonchev–Trinajstić information content (AvgIpc) is 2.94. The molecule has 21 heavy (non-hydrogen) atoms. The third-order valence-corrected chi connectivity index (χ3v) is 4.54. The van der Waals surface area contributed by atoms with Crippen LogP contribution in [-0.2, 0) is 0 Å². The summed E-state index contributed by atoms with van der Waals surface area (Å²) < 4.78 is 11.7. The minimum absolute atomic E-state index is 0.280. The molecule has 4 nitrogen and oxygen atoms in total. The monoisotopic (exact) mass is 290 g/mol. The van der Waals surface area contributed by atoms with Crippen LogP contribution in [0.25, 0.3) is 0 Å². The molecule has 1 N–H and O–H groups in total. The van der Waals surface area contributed by atoms with Crippen molar-refractivity contribution in [2.45, 2.75) is 37.8 Å². The molecule has 0 aromatic heterocycles. The molecule has 1 aromatic carbocycles. The van der Waals surface area contributed by atoms with Crippen LogP contribution >= 0.6 is 0 Å². The van der Waals surface area contributed by atoms with Gasteiger partial charge in [0.1, 0.15) is 6.10 Å². The first-order chi connectivity index (χ1) is 10.3. The molecular formula is C17H26N2O2. The fraction of sp³-hybridized carbons (Fsp3) is 0.647. The molecule has 2 atom stereocenters. The third-order valence-electron chi connectivity index (χ3n) is 4.54. The van der Waals surface area contributed by atoms with Gasteiger partial charge in [-0.2, -0.15) is 0 Å². The first kappa shape index (κ1) is 14.7. The van der Waals surface area contributed by atoms with Crippen LogP contribution in [0.2, 0.25) is 0 Å². The lowest BCUT2D eigenvalue weighted by Crippen LogP contribution is -2.26. The number of hydrogen-bond donors (Lipinski definition) is 1. The minimum atomic E-state index is 0.280. The van der Waals surface area contributed by atoms with Crippen LogP contribution < -0.4 is 14.8 Å². The highest BCUT2D eigenvalue weighted by Gasteiger charge is 2.23. The maximum atomic E-state index is 6.12. The van der Waals surface area contributed by atoms with Crippen molar-refractivity contribution in [3.8, 4) is 11.5 Å². The summed E-state index contributed by atoms with van der Waals surface area (Å²) in [5, 5.41) is 3.58. The van der Waals surface area contributed by atoms with Crippen LogP contribution in [0, 0.1) is 0 Å². The molecule has 0 radical (unpaired) electrons. The van der Waals surface area contributed by atoms with Gasteiger partial charge in [0.2, 0.25) is 0 Å². The first-order valence-electron chi connectivity index (χ1n) is 8.03. The standard InChI is InChI=1S/C17H26N2O2/c1-19-10-8-14(12-19)21-16-7-6-13(11-17(16)20-2)15-5-3-4-9-18-15/h6-7,11,14-15,18H,3-5,8-10,12H2,1-2H3. The summed E-state index contributed by atoms with van der Waals surface area (Å²) in [4.78, 5) is 2.30. The summed E-state index contributed by atoms with van der Waals surface area (Å²) in [6, 6.07) is 6.85. The number of methoxy groups -OCH3 is 1. The Hall–Kier alpha value is -1.26. The second kappa shape index (κ2) is 6.67. The zero-order valence-corrected chi connectivity index (χ0v) is 13.1. The van der Waals surface area contributed by atoms with Crippen LogP contribution in [0.4, 0.5) is 0 Å². The SMILES string of the molecule is COc1cc(C2CCCCN2)ccc1OC1CCN(C)C1. The van der Waals surface area contributed by atoms with Crippen molar-refractivity contribution in [2.75, 3.05) is 33.8 Å². The van der Waals surface area contributed by atoms with Gasteiger partial charge in [0, 0.05) is 19.1 Å². The quantitative estimate of drug-likeness (QED) is 0.924. The van der Waals surface area contributed by atoms with Gasteiger partial charge in [-0.25, -0.2) is 0 Å². The van der Waals surface area contributed by atoms with Gasteiger partial charge in [-0.1, -0.05) is 12.5 Å². The Kier molecular flexibility index (Phi) is 4.66. The highest BCUT2D eigenvalue weighted by molar-refractivity contribution is 5.44. The van der Waals surface area contributed by atoms with Crippen molar-refractivity contribution < 1.29 is 9.47 Å². The van der Waals surface area contributed by atoms with Crippen molar-refractivity contribution in [1.82, 2.24) is 10.2 Å². The smallest absolute Gasteiger partial charge is 0.161 e. The van der Waals surface area contributed by atoms with Gasteiger partial charge >= 0.3 is 0 Å². The number of benzene rings is 1. The Balaban J connectivity index is 1.72. The molecule has 2 aliphatic heterocycles. The molecule has 0 spiro atoms. The van der Waals surface area contributed by atoms with Crippen LogP contribution in [0.1, 0.15) is 37.3 Å². The Bertz CT molecular complexity index is 472. The number of likely N-dealkylation sites (N-methyl/N-ethyl adjacent to an activating group) is 1. The molecule has 2 heterocycles. The van der Waals surface area contributed by atoms with E-state index in [1.165, 1.54) is 24.8 Å². The summed E-state index contributed by atoms with van der Waals surface area (Å²) in [5.74, 6) is 1.73. The zero-order valence-electron chi connectivity index (χ0n) is 13.1. The van der Waals surface area contributed by atoms with E-state index in [1.54, 1.807) is 7.11 Å². The highest BCUT2D eigenvalue weighted by atomic mass is 16.5. The lowest BCUT2D eigenvalue weighted by Gasteiger charge is -2.25. The van der Waals surface area contributed by atoms with E-state index >= 15 is 0 Å². The largest absolute Gasteiger partial charge is 0.493 e. The predicted octanol–water partition coefficient (Wildman–Crippen LogP) is 2.59. The fourth-order valence-electron chi connectivity index (χ4n) is 3.30. The minimum Gasteiger partial charge on any atom is -0.493 e. The second-order valence-corrected chi connectivity index (χ2v) is 6.20. The highest BCUT2D eigenvalue weighted by Crippen LogP contribution is 2.34. The van der Waals surface area contributed by atoms with Crippen LogP contribution in [0.3, 0.4) is 0 Å². The molecule has 4 heteroatoms. The summed E-state index contributed by atoms with van der Waals surface area (Å²) in [5.41, 5.74) is 1.31. The molecule has 0 aliphatic carbocycles. The van der Waals surface area contributed by atoms with Crippen molar-refractivity contribution in [3.63, 3.8) is 0 Å². The van der Waals surface area contributed by atoms with Gasteiger partial charge in [0.05, 0.1) is 7.11 Å². The van der Waals surface area contributed by atoms with Crippen molar-refractivity contribution in [3.05, 3.63) is 23.8 Å². The van der Waals surface area contributed by atoms with E-state index in [2.05, 4.69) is 35.5 Å². The molecular weight excluding hydrogens is 264 g/mol. The van der Waals surface area contributed by atoms with Gasteiger partial charge < -0.3 is 19.7 Å². The van der Waals surface area contributed by atoms with E-state index in [1.807, 2.05) is 0 Å². The van der Waals surface area contributed by atoms with E-state index < -0.39 is 0 Å². The Morgan fingerprint density at radius 1 is 1.19 bits per heavy atom. The molecule has 0 bridgehead atoms. The molecule has 0 saturated carbocycles. The van der Waals surface area contributed by atoms with Crippen LogP contribution in [0.15, 0.2) is 18.2 Å². The molecule has 2 aliphatic rings. The maximum absolute atomic E-state index is 6.12. The van der Waals surface area contributed by atoms with E-state index in [-0.39, 0.29) is 6.10 Å². The molecule has 3 rings (SSSR count). The third kappa shape index (κ3) is 3.50. The van der Waals surface area contributed by atoms with Crippen molar-refractivity contribution in [2.24, 2.45) is 0 Å². The summed E-state index contributed by atoms with van der Waals surface area (Å²) in [6.45, 7) is 3.21.